The van der Waals surface area contributed by atoms with Crippen LogP contribution in [-0.4, -0.2) is 23.9 Å². The van der Waals surface area contributed by atoms with Crippen LogP contribution in [0.4, 0.5) is 0 Å². The van der Waals surface area contributed by atoms with Crippen LogP contribution in [0.15, 0.2) is 22.7 Å². The molecule has 0 bridgehead atoms. The average Bonchev–Trinajstić information content (AvgIpc) is 2.41. The Morgan fingerprint density at radius 2 is 2.11 bits per heavy atom. The Balaban J connectivity index is 2.13. The summed E-state index contributed by atoms with van der Waals surface area (Å²) in [5, 5.41) is 9.28. The van der Waals surface area contributed by atoms with Gasteiger partial charge in [0.05, 0.1) is 16.7 Å². The number of nitrogens with zero attached hydrogens (tertiary/aromatic N) is 2. The molecule has 18 heavy (non-hydrogen) atoms. The molecule has 1 saturated heterocycles. The van der Waals surface area contributed by atoms with Gasteiger partial charge in [-0.05, 0) is 40.9 Å². The number of carbonyl (C=O) groups is 1. The van der Waals surface area contributed by atoms with Crippen LogP contribution in [0.1, 0.15) is 23.2 Å². The molecule has 1 aromatic carbocycles. The molecular formula is C13H12BrClN2O. The van der Waals surface area contributed by atoms with E-state index in [2.05, 4.69) is 22.0 Å². The molecule has 1 heterocycles. The predicted molar refractivity (Wildman–Crippen MR) is 73.4 cm³/mol. The smallest absolute Gasteiger partial charge is 0.255 e. The molecule has 1 fully saturated rings. The third-order valence-electron chi connectivity index (χ3n) is 3.15. The van der Waals surface area contributed by atoms with Crippen LogP contribution >= 0.6 is 27.5 Å². The number of piperidine rings is 1. The number of hydrogen-bond donors (Lipinski definition) is 0. The summed E-state index contributed by atoms with van der Waals surface area (Å²) in [6.07, 6.45) is 1.49. The summed E-state index contributed by atoms with van der Waals surface area (Å²) in [7, 11) is 0. The van der Waals surface area contributed by atoms with Crippen LogP contribution in [0.5, 0.6) is 0 Å². The first-order valence-corrected chi connectivity index (χ1v) is 6.93. The van der Waals surface area contributed by atoms with E-state index >= 15 is 0 Å². The molecule has 0 unspecified atom stereocenters. The van der Waals surface area contributed by atoms with Gasteiger partial charge in [0.25, 0.3) is 5.91 Å². The van der Waals surface area contributed by atoms with E-state index in [0.717, 1.165) is 17.3 Å². The van der Waals surface area contributed by atoms with Gasteiger partial charge in [-0.2, -0.15) is 5.26 Å². The molecule has 0 aliphatic carbocycles. The first-order chi connectivity index (χ1) is 8.63. The van der Waals surface area contributed by atoms with Gasteiger partial charge in [0, 0.05) is 23.5 Å². The van der Waals surface area contributed by atoms with Crippen molar-refractivity contribution in [3.63, 3.8) is 0 Å². The number of amides is 1. The Bertz CT molecular complexity index is 504. The van der Waals surface area contributed by atoms with E-state index in [1.165, 1.54) is 0 Å². The fourth-order valence-corrected chi connectivity index (χ4v) is 2.62. The third-order valence-corrected chi connectivity index (χ3v) is 4.44. The zero-order valence-electron chi connectivity index (χ0n) is 9.70. The molecule has 1 amide bonds. The summed E-state index contributed by atoms with van der Waals surface area (Å²) >= 11 is 9.43. The van der Waals surface area contributed by atoms with Gasteiger partial charge < -0.3 is 4.90 Å². The zero-order chi connectivity index (χ0) is 13.1. The molecule has 0 radical (unpaired) electrons. The Hall–Kier alpha value is -1.05. The third kappa shape index (κ3) is 2.68. The van der Waals surface area contributed by atoms with Gasteiger partial charge in [-0.25, -0.2) is 0 Å². The van der Waals surface area contributed by atoms with Crippen LogP contribution in [-0.2, 0) is 0 Å². The lowest BCUT2D eigenvalue weighted by molar-refractivity contribution is 0.0707. The maximum absolute atomic E-state index is 12.3. The minimum Gasteiger partial charge on any atom is -0.339 e. The van der Waals surface area contributed by atoms with Crippen LogP contribution in [0.25, 0.3) is 0 Å². The van der Waals surface area contributed by atoms with Crippen LogP contribution < -0.4 is 0 Å². The Morgan fingerprint density at radius 3 is 2.72 bits per heavy atom. The van der Waals surface area contributed by atoms with Crippen LogP contribution in [0.3, 0.4) is 0 Å². The number of likely N-dealkylation sites (tertiary alicyclic amines) is 1. The van der Waals surface area contributed by atoms with Crippen molar-refractivity contribution in [2.45, 2.75) is 12.8 Å². The summed E-state index contributed by atoms with van der Waals surface area (Å²) in [6.45, 7) is 1.25. The predicted octanol–water partition coefficient (Wildman–Crippen LogP) is 3.48. The van der Waals surface area contributed by atoms with Gasteiger partial charge in [0.2, 0.25) is 0 Å². The number of hydrogen-bond acceptors (Lipinski definition) is 2. The zero-order valence-corrected chi connectivity index (χ0v) is 12.0. The molecule has 0 atom stereocenters. The topological polar surface area (TPSA) is 44.1 Å². The minimum atomic E-state index is -0.0577. The van der Waals surface area contributed by atoms with Gasteiger partial charge in [-0.15, -0.1) is 0 Å². The van der Waals surface area contributed by atoms with E-state index in [1.807, 2.05) is 0 Å². The van der Waals surface area contributed by atoms with Gasteiger partial charge >= 0.3 is 0 Å². The quantitative estimate of drug-likeness (QED) is 0.792. The van der Waals surface area contributed by atoms with Gasteiger partial charge in [0.15, 0.2) is 0 Å². The lowest BCUT2D eigenvalue weighted by atomic mass is 9.98. The van der Waals surface area contributed by atoms with Crippen molar-refractivity contribution in [1.82, 2.24) is 4.90 Å². The van der Waals surface area contributed by atoms with E-state index < -0.39 is 0 Å². The fraction of sp³-hybridized carbons (Fsp3) is 0.385. The summed E-state index contributed by atoms with van der Waals surface area (Å²) < 4.78 is 0.724. The number of carbonyl (C=O) groups excluding carboxylic acids is 1. The van der Waals surface area contributed by atoms with E-state index in [1.54, 1.807) is 23.1 Å². The molecule has 5 heteroatoms. The Kier molecular flexibility index (Phi) is 4.26. The second-order valence-electron chi connectivity index (χ2n) is 4.30. The number of rotatable bonds is 1. The molecule has 1 aliphatic heterocycles. The maximum Gasteiger partial charge on any atom is 0.255 e. The summed E-state index contributed by atoms with van der Waals surface area (Å²) in [5.74, 6) is 0.0183. The second-order valence-corrected chi connectivity index (χ2v) is 5.53. The second kappa shape index (κ2) is 5.73. The molecular weight excluding hydrogens is 316 g/mol. The standard InChI is InChI=1S/C13H12BrClN2O/c14-11-3-1-2-10(12(11)15)13(18)17-6-4-9(8-16)5-7-17/h1-3,9H,4-7H2. The molecule has 1 aliphatic rings. The molecule has 0 saturated carbocycles. The van der Waals surface area contributed by atoms with Crippen LogP contribution in [0, 0.1) is 17.2 Å². The Morgan fingerprint density at radius 1 is 1.44 bits per heavy atom. The van der Waals surface area contributed by atoms with Crippen molar-refractivity contribution in [3.8, 4) is 6.07 Å². The van der Waals surface area contributed by atoms with Crippen molar-refractivity contribution in [2.75, 3.05) is 13.1 Å². The van der Waals surface area contributed by atoms with Crippen molar-refractivity contribution < 1.29 is 4.79 Å². The lowest BCUT2D eigenvalue weighted by Gasteiger charge is -2.29. The highest BCUT2D eigenvalue weighted by Crippen LogP contribution is 2.28. The molecule has 0 N–H and O–H groups in total. The molecule has 0 aromatic heterocycles. The SMILES string of the molecule is N#CC1CCN(C(=O)c2cccc(Br)c2Cl)CC1. The van der Waals surface area contributed by atoms with Crippen molar-refractivity contribution in [3.05, 3.63) is 33.3 Å². The van der Waals surface area contributed by atoms with Crippen molar-refractivity contribution in [1.29, 1.82) is 5.26 Å². The van der Waals surface area contributed by atoms with E-state index in [0.29, 0.717) is 23.7 Å². The number of nitriles is 1. The highest BCUT2D eigenvalue weighted by Gasteiger charge is 2.24. The first-order valence-electron chi connectivity index (χ1n) is 5.76. The maximum atomic E-state index is 12.3. The first kappa shape index (κ1) is 13.4. The molecule has 3 nitrogen and oxygen atoms in total. The highest BCUT2D eigenvalue weighted by molar-refractivity contribution is 9.10. The van der Waals surface area contributed by atoms with Gasteiger partial charge in [0.1, 0.15) is 0 Å². The Labute approximate surface area is 119 Å². The largest absolute Gasteiger partial charge is 0.339 e. The summed E-state index contributed by atoms with van der Waals surface area (Å²) in [6, 6.07) is 7.58. The van der Waals surface area contributed by atoms with Crippen LogP contribution in [0.2, 0.25) is 5.02 Å². The van der Waals surface area contributed by atoms with Gasteiger partial charge in [-0.3, -0.25) is 4.79 Å². The number of halogens is 2. The summed E-state index contributed by atoms with van der Waals surface area (Å²) in [4.78, 5) is 14.1. The lowest BCUT2D eigenvalue weighted by Crippen LogP contribution is -2.38. The number of benzene rings is 1. The minimum absolute atomic E-state index is 0.0577. The molecule has 2 rings (SSSR count). The summed E-state index contributed by atoms with van der Waals surface area (Å²) in [5.41, 5.74) is 0.515. The van der Waals surface area contributed by atoms with Gasteiger partial charge in [-0.1, -0.05) is 17.7 Å². The average molecular weight is 328 g/mol. The normalized spacial score (nSPS) is 16.4. The highest BCUT2D eigenvalue weighted by atomic mass is 79.9. The molecule has 94 valence electrons. The monoisotopic (exact) mass is 326 g/mol. The fourth-order valence-electron chi connectivity index (χ4n) is 2.05. The molecule has 1 aromatic rings. The molecule has 0 spiro atoms. The van der Waals surface area contributed by atoms with E-state index in [9.17, 15) is 4.79 Å². The van der Waals surface area contributed by atoms with Crippen molar-refractivity contribution in [2.24, 2.45) is 5.92 Å². The van der Waals surface area contributed by atoms with E-state index in [-0.39, 0.29) is 11.8 Å². The van der Waals surface area contributed by atoms with E-state index in [4.69, 9.17) is 16.9 Å². The van der Waals surface area contributed by atoms with Crippen molar-refractivity contribution >= 4 is 33.4 Å².